The second-order valence-electron chi connectivity index (χ2n) is 6.92. The van der Waals surface area contributed by atoms with E-state index in [4.69, 9.17) is 0 Å². The minimum Gasteiger partial charge on any atom is -0.299 e. The Morgan fingerprint density at radius 2 is 2.04 bits per heavy atom. The van der Waals surface area contributed by atoms with E-state index in [0.717, 1.165) is 23.1 Å². The average Bonchev–Trinajstić information content (AvgIpc) is 3.14. The van der Waals surface area contributed by atoms with Crippen molar-refractivity contribution < 1.29 is 13.6 Å². The lowest BCUT2D eigenvalue weighted by atomic mass is 9.83. The minimum atomic E-state index is -1.09. The fourth-order valence-electron chi connectivity index (χ4n) is 3.47. The van der Waals surface area contributed by atoms with Crippen LogP contribution in [-0.2, 0) is 4.79 Å². The maximum absolute atomic E-state index is 14.5. The summed E-state index contributed by atoms with van der Waals surface area (Å²) in [4.78, 5) is 12.4. The van der Waals surface area contributed by atoms with Gasteiger partial charge in [0, 0.05) is 24.7 Å². The van der Waals surface area contributed by atoms with Crippen LogP contribution in [0.25, 0.3) is 0 Å². The van der Waals surface area contributed by atoms with Gasteiger partial charge in [-0.25, -0.2) is 8.78 Å². The first kappa shape index (κ1) is 17.8. The molecule has 1 nitrogen and oxygen atoms in total. The lowest BCUT2D eigenvalue weighted by Crippen LogP contribution is -2.21. The van der Waals surface area contributed by atoms with Crippen LogP contribution in [0, 0.1) is 11.8 Å². The second kappa shape index (κ2) is 7.90. The molecule has 0 amide bonds. The summed E-state index contributed by atoms with van der Waals surface area (Å²) in [6.07, 6.45) is 16.8. The molecule has 0 aromatic heterocycles. The second-order valence-corrected chi connectivity index (χ2v) is 6.92. The molecular weight excluding hydrogens is 318 g/mol. The maximum Gasteiger partial charge on any atom is 0.140 e. The SMILES string of the molecule is CC(C(=O)CCC1=CCC(F)C=C1)C1=CC(F)C(C2=CCC=C2)C=C1. The van der Waals surface area contributed by atoms with Crippen molar-refractivity contribution in [1.29, 1.82) is 0 Å². The Morgan fingerprint density at radius 3 is 2.68 bits per heavy atom. The number of carbonyl (C=O) groups is 1. The molecular formula is C22H24F2O. The maximum atomic E-state index is 14.5. The predicted octanol–water partition coefficient (Wildman–Crippen LogP) is 5.53. The Labute approximate surface area is 148 Å². The molecule has 25 heavy (non-hydrogen) atoms. The molecule has 3 aliphatic rings. The van der Waals surface area contributed by atoms with E-state index in [1.54, 1.807) is 12.2 Å². The van der Waals surface area contributed by atoms with E-state index >= 15 is 0 Å². The molecule has 3 aliphatic carbocycles. The lowest BCUT2D eigenvalue weighted by molar-refractivity contribution is -0.121. The van der Waals surface area contributed by atoms with E-state index in [9.17, 15) is 13.6 Å². The number of halogens is 2. The van der Waals surface area contributed by atoms with Crippen LogP contribution in [0.15, 0.2) is 71.4 Å². The summed E-state index contributed by atoms with van der Waals surface area (Å²) in [5.41, 5.74) is 2.78. The van der Waals surface area contributed by atoms with Gasteiger partial charge in [-0.05, 0) is 30.1 Å². The van der Waals surface area contributed by atoms with Crippen molar-refractivity contribution in [3.8, 4) is 0 Å². The number of allylic oxidation sites excluding steroid dienone is 12. The molecule has 0 fully saturated rings. The first-order chi connectivity index (χ1) is 12.0. The van der Waals surface area contributed by atoms with Crippen molar-refractivity contribution in [3.05, 3.63) is 71.4 Å². The van der Waals surface area contributed by atoms with Crippen LogP contribution in [0.3, 0.4) is 0 Å². The Kier molecular flexibility index (Phi) is 5.62. The Morgan fingerprint density at radius 1 is 1.20 bits per heavy atom. The van der Waals surface area contributed by atoms with Gasteiger partial charge >= 0.3 is 0 Å². The van der Waals surface area contributed by atoms with Gasteiger partial charge in [0.1, 0.15) is 18.1 Å². The highest BCUT2D eigenvalue weighted by Crippen LogP contribution is 2.32. The summed E-state index contributed by atoms with van der Waals surface area (Å²) < 4.78 is 27.6. The molecule has 0 spiro atoms. The highest BCUT2D eigenvalue weighted by Gasteiger charge is 2.27. The number of hydrogen-bond acceptors (Lipinski definition) is 1. The van der Waals surface area contributed by atoms with Crippen molar-refractivity contribution in [2.75, 3.05) is 0 Å². The summed E-state index contributed by atoms with van der Waals surface area (Å²) in [6, 6.07) is 0. The largest absolute Gasteiger partial charge is 0.299 e. The van der Waals surface area contributed by atoms with Gasteiger partial charge in [0.2, 0.25) is 0 Å². The number of Topliss-reactive ketones (excluding diaryl/α,β-unsaturated/α-hetero) is 1. The zero-order valence-electron chi connectivity index (χ0n) is 14.5. The Balaban J connectivity index is 1.56. The van der Waals surface area contributed by atoms with Gasteiger partial charge < -0.3 is 0 Å². The molecule has 3 rings (SSSR count). The highest BCUT2D eigenvalue weighted by molar-refractivity contribution is 5.84. The van der Waals surface area contributed by atoms with E-state index in [-0.39, 0.29) is 17.6 Å². The standard InChI is InChI=1S/C22H24F2O/c1-15(22(25)13-8-16-6-10-19(23)11-7-16)18-9-12-20(21(24)14-18)17-4-2-3-5-17/h2,4-7,9-10,12,14-15,19-21H,3,8,11,13H2,1H3. The van der Waals surface area contributed by atoms with Crippen LogP contribution in [0.1, 0.15) is 32.6 Å². The fourth-order valence-corrected chi connectivity index (χ4v) is 3.47. The third-order valence-corrected chi connectivity index (χ3v) is 5.14. The summed E-state index contributed by atoms with van der Waals surface area (Å²) in [5.74, 6) is -0.458. The van der Waals surface area contributed by atoms with Gasteiger partial charge in [-0.2, -0.15) is 0 Å². The van der Waals surface area contributed by atoms with Crippen molar-refractivity contribution in [2.45, 2.75) is 45.0 Å². The van der Waals surface area contributed by atoms with Crippen LogP contribution >= 0.6 is 0 Å². The van der Waals surface area contributed by atoms with Crippen LogP contribution in [0.4, 0.5) is 8.78 Å². The molecule has 132 valence electrons. The van der Waals surface area contributed by atoms with Gasteiger partial charge in [0.25, 0.3) is 0 Å². The van der Waals surface area contributed by atoms with Gasteiger partial charge in [0.05, 0.1) is 0 Å². The van der Waals surface area contributed by atoms with E-state index in [1.165, 1.54) is 6.08 Å². The average molecular weight is 342 g/mol. The van der Waals surface area contributed by atoms with E-state index in [0.29, 0.717) is 19.3 Å². The molecule has 4 unspecified atom stereocenters. The third-order valence-electron chi connectivity index (χ3n) is 5.14. The third kappa shape index (κ3) is 4.33. The summed E-state index contributed by atoms with van der Waals surface area (Å²) in [5, 5.41) is 0. The van der Waals surface area contributed by atoms with Crippen LogP contribution in [-0.4, -0.2) is 18.1 Å². The number of hydrogen-bond donors (Lipinski definition) is 0. The minimum absolute atomic E-state index is 0.0956. The molecule has 4 atom stereocenters. The monoisotopic (exact) mass is 342 g/mol. The highest BCUT2D eigenvalue weighted by atomic mass is 19.1. The zero-order chi connectivity index (χ0) is 17.8. The van der Waals surface area contributed by atoms with E-state index in [1.807, 2.05) is 43.4 Å². The van der Waals surface area contributed by atoms with Crippen molar-refractivity contribution >= 4 is 5.78 Å². The fraction of sp³-hybridized carbons (Fsp3) is 0.409. The molecule has 0 N–H and O–H groups in total. The molecule has 0 saturated heterocycles. The van der Waals surface area contributed by atoms with E-state index in [2.05, 4.69) is 0 Å². The number of alkyl halides is 2. The van der Waals surface area contributed by atoms with Gasteiger partial charge in [-0.15, -0.1) is 0 Å². The summed E-state index contributed by atoms with van der Waals surface area (Å²) >= 11 is 0. The van der Waals surface area contributed by atoms with Gasteiger partial charge in [-0.1, -0.05) is 61.1 Å². The van der Waals surface area contributed by atoms with Gasteiger partial charge in [-0.3, -0.25) is 4.79 Å². The molecule has 0 aromatic carbocycles. The van der Waals surface area contributed by atoms with Crippen LogP contribution in [0.2, 0.25) is 0 Å². The molecule has 0 heterocycles. The first-order valence-electron chi connectivity index (χ1n) is 8.99. The lowest BCUT2D eigenvalue weighted by Gasteiger charge is -2.23. The van der Waals surface area contributed by atoms with Crippen molar-refractivity contribution in [1.82, 2.24) is 0 Å². The first-order valence-corrected chi connectivity index (χ1v) is 8.99. The topological polar surface area (TPSA) is 17.1 Å². The van der Waals surface area contributed by atoms with Gasteiger partial charge in [0.15, 0.2) is 0 Å². The predicted molar refractivity (Wildman–Crippen MR) is 97.6 cm³/mol. The number of rotatable bonds is 6. The summed E-state index contributed by atoms with van der Waals surface area (Å²) in [6.45, 7) is 1.84. The molecule has 0 bridgehead atoms. The van der Waals surface area contributed by atoms with Crippen molar-refractivity contribution in [2.24, 2.45) is 11.8 Å². The molecule has 3 heteroatoms. The number of ketones is 1. The summed E-state index contributed by atoms with van der Waals surface area (Å²) in [7, 11) is 0. The van der Waals surface area contributed by atoms with Crippen molar-refractivity contribution in [3.63, 3.8) is 0 Å². The smallest absolute Gasteiger partial charge is 0.140 e. The number of carbonyl (C=O) groups excluding carboxylic acids is 1. The Hall–Kier alpha value is -2.03. The zero-order valence-corrected chi connectivity index (χ0v) is 14.5. The molecule has 0 radical (unpaired) electrons. The van der Waals surface area contributed by atoms with Crippen LogP contribution in [0.5, 0.6) is 0 Å². The molecule has 0 saturated carbocycles. The molecule has 0 aliphatic heterocycles. The quantitative estimate of drug-likeness (QED) is 0.620. The molecule has 0 aromatic rings. The Bertz CT molecular complexity index is 706. The van der Waals surface area contributed by atoms with Crippen LogP contribution < -0.4 is 0 Å². The van der Waals surface area contributed by atoms with E-state index < -0.39 is 12.3 Å². The normalized spacial score (nSPS) is 29.2.